The van der Waals surface area contributed by atoms with Crippen molar-refractivity contribution in [2.45, 2.75) is 38.5 Å². The maximum atomic E-state index is 13.1. The van der Waals surface area contributed by atoms with Crippen LogP contribution < -0.4 is 4.74 Å². The van der Waals surface area contributed by atoms with E-state index < -0.39 is 17.3 Å². The van der Waals surface area contributed by atoms with E-state index in [0.29, 0.717) is 38.0 Å². The van der Waals surface area contributed by atoms with Gasteiger partial charge < -0.3 is 9.64 Å². The second-order valence-corrected chi connectivity index (χ2v) is 6.79. The highest BCUT2D eigenvalue weighted by Crippen LogP contribution is 2.34. The number of carbonyl (C=O) groups is 1. The largest absolute Gasteiger partial charge is 0.490 e. The molecular weight excluding hydrogens is 383 g/mol. The molecular formula is C21H20F3N3O2. The maximum absolute atomic E-state index is 13.1. The van der Waals surface area contributed by atoms with Crippen LogP contribution in [0.3, 0.4) is 0 Å². The highest BCUT2D eigenvalue weighted by molar-refractivity contribution is 5.93. The van der Waals surface area contributed by atoms with Crippen LogP contribution in [0.2, 0.25) is 0 Å². The second-order valence-electron chi connectivity index (χ2n) is 6.79. The molecule has 152 valence electrons. The van der Waals surface area contributed by atoms with Crippen LogP contribution in [-0.4, -0.2) is 35.0 Å². The van der Waals surface area contributed by atoms with Crippen molar-refractivity contribution in [3.63, 3.8) is 0 Å². The quantitative estimate of drug-likeness (QED) is 0.767. The zero-order valence-corrected chi connectivity index (χ0v) is 15.9. The molecule has 0 atom stereocenters. The van der Waals surface area contributed by atoms with Crippen LogP contribution in [0, 0.1) is 11.3 Å². The molecule has 3 rings (SSSR count). The number of nitriles is 1. The molecule has 1 saturated heterocycles. The number of ether oxygens (including phenoxy) is 1. The zero-order chi connectivity index (χ0) is 21.0. The Morgan fingerprint density at radius 3 is 2.66 bits per heavy atom. The molecule has 1 aliphatic heterocycles. The molecule has 1 aromatic heterocycles. The molecule has 1 amide bonds. The number of alkyl halides is 3. The molecule has 29 heavy (non-hydrogen) atoms. The summed E-state index contributed by atoms with van der Waals surface area (Å²) in [6.45, 7) is 2.83. The van der Waals surface area contributed by atoms with Crippen LogP contribution >= 0.6 is 0 Å². The van der Waals surface area contributed by atoms with E-state index in [0.717, 1.165) is 17.7 Å². The van der Waals surface area contributed by atoms with Crippen LogP contribution in [0.15, 0.2) is 36.5 Å². The van der Waals surface area contributed by atoms with Crippen molar-refractivity contribution in [1.82, 2.24) is 9.88 Å². The molecule has 0 N–H and O–H groups in total. The van der Waals surface area contributed by atoms with E-state index in [1.54, 1.807) is 23.2 Å². The average molecular weight is 403 g/mol. The van der Waals surface area contributed by atoms with Crippen molar-refractivity contribution in [3.05, 3.63) is 58.9 Å². The number of hydrogen-bond acceptors (Lipinski definition) is 4. The number of benzene rings is 1. The number of hydrogen-bond donors (Lipinski definition) is 0. The molecule has 0 aliphatic carbocycles. The van der Waals surface area contributed by atoms with Crippen molar-refractivity contribution < 1.29 is 22.7 Å². The molecule has 1 aliphatic rings. The van der Waals surface area contributed by atoms with Gasteiger partial charge in [0.25, 0.3) is 5.91 Å². The van der Waals surface area contributed by atoms with Crippen LogP contribution in [0.5, 0.6) is 5.75 Å². The number of halogens is 3. The Kier molecular flexibility index (Phi) is 6.06. The smallest absolute Gasteiger partial charge is 0.417 e. The topological polar surface area (TPSA) is 66.2 Å². The third-order valence-electron chi connectivity index (χ3n) is 4.92. The summed E-state index contributed by atoms with van der Waals surface area (Å²) in [6, 6.07) is 8.56. The van der Waals surface area contributed by atoms with E-state index in [1.165, 1.54) is 6.07 Å². The normalized spacial score (nSPS) is 15.1. The predicted molar refractivity (Wildman–Crippen MR) is 99.3 cm³/mol. The molecule has 0 unspecified atom stereocenters. The van der Waals surface area contributed by atoms with E-state index >= 15 is 0 Å². The molecule has 1 fully saturated rings. The number of amides is 1. The summed E-state index contributed by atoms with van der Waals surface area (Å²) in [6.07, 6.45) is -1.63. The number of likely N-dealkylation sites (tertiary alicyclic amines) is 1. The Morgan fingerprint density at radius 2 is 2.03 bits per heavy atom. The molecule has 5 nitrogen and oxygen atoms in total. The van der Waals surface area contributed by atoms with E-state index in [4.69, 9.17) is 10.00 Å². The fourth-order valence-electron chi connectivity index (χ4n) is 3.36. The highest BCUT2D eigenvalue weighted by atomic mass is 19.4. The summed E-state index contributed by atoms with van der Waals surface area (Å²) >= 11 is 0. The van der Waals surface area contributed by atoms with Crippen molar-refractivity contribution in [1.29, 1.82) is 5.26 Å². The number of rotatable bonds is 4. The minimum atomic E-state index is -4.63. The number of aryl methyl sites for hydroxylation is 1. The summed E-state index contributed by atoms with van der Waals surface area (Å²) in [4.78, 5) is 18.6. The molecule has 0 bridgehead atoms. The minimum absolute atomic E-state index is 0.0686. The Hall–Kier alpha value is -3.08. The van der Waals surface area contributed by atoms with E-state index in [9.17, 15) is 18.0 Å². The Balaban J connectivity index is 1.65. The first-order chi connectivity index (χ1) is 13.8. The maximum Gasteiger partial charge on any atom is 0.417 e. The summed E-state index contributed by atoms with van der Waals surface area (Å²) in [5.74, 6) is -0.0715. The zero-order valence-electron chi connectivity index (χ0n) is 15.9. The number of pyridine rings is 1. The van der Waals surface area contributed by atoms with Gasteiger partial charge in [-0.3, -0.25) is 9.78 Å². The van der Waals surface area contributed by atoms with Gasteiger partial charge in [-0.25, -0.2) is 0 Å². The van der Waals surface area contributed by atoms with Crippen molar-refractivity contribution in [3.8, 4) is 11.8 Å². The molecule has 2 heterocycles. The SMILES string of the molecule is CCc1cccnc1C(=O)N1CCC(Oc2ccc(C#N)c(C(F)(F)F)c2)CC1. The second kappa shape index (κ2) is 8.52. The van der Waals surface area contributed by atoms with E-state index in [1.807, 2.05) is 13.0 Å². The monoisotopic (exact) mass is 403 g/mol. The van der Waals surface area contributed by atoms with Gasteiger partial charge in [0.05, 0.1) is 17.2 Å². The molecule has 8 heteroatoms. The standard InChI is InChI=1S/C21H20F3N3O2/c1-2-14-4-3-9-26-19(14)20(28)27-10-7-16(8-11-27)29-17-6-5-15(13-25)18(12-17)21(22,23)24/h3-6,9,12,16H,2,7-8,10-11H2,1H3. The Bertz CT molecular complexity index is 929. The minimum Gasteiger partial charge on any atom is -0.490 e. The molecule has 0 saturated carbocycles. The van der Waals surface area contributed by atoms with Gasteiger partial charge in [0.2, 0.25) is 0 Å². The highest BCUT2D eigenvalue weighted by Gasteiger charge is 2.34. The fraction of sp³-hybridized carbons (Fsp3) is 0.381. The average Bonchev–Trinajstić information content (AvgIpc) is 2.73. The lowest BCUT2D eigenvalue weighted by Gasteiger charge is -2.32. The fourth-order valence-corrected chi connectivity index (χ4v) is 3.36. The summed E-state index contributed by atoms with van der Waals surface area (Å²) in [7, 11) is 0. The van der Waals surface area contributed by atoms with Gasteiger partial charge in [0, 0.05) is 32.1 Å². The number of aromatic nitrogens is 1. The summed E-state index contributed by atoms with van der Waals surface area (Å²) in [5, 5.41) is 8.87. The van der Waals surface area contributed by atoms with Crippen LogP contribution in [0.25, 0.3) is 0 Å². The van der Waals surface area contributed by atoms with Crippen molar-refractivity contribution in [2.24, 2.45) is 0 Å². The van der Waals surface area contributed by atoms with Gasteiger partial charge in [-0.15, -0.1) is 0 Å². The van der Waals surface area contributed by atoms with E-state index in [2.05, 4.69) is 4.98 Å². The summed E-state index contributed by atoms with van der Waals surface area (Å²) < 4.78 is 45.0. The van der Waals surface area contributed by atoms with Crippen LogP contribution in [0.1, 0.15) is 46.9 Å². The lowest BCUT2D eigenvalue weighted by atomic mass is 10.0. The van der Waals surface area contributed by atoms with Gasteiger partial charge >= 0.3 is 6.18 Å². The molecule has 0 spiro atoms. The Morgan fingerprint density at radius 1 is 1.31 bits per heavy atom. The third-order valence-corrected chi connectivity index (χ3v) is 4.92. The van der Waals surface area contributed by atoms with Gasteiger partial charge in [-0.1, -0.05) is 13.0 Å². The van der Waals surface area contributed by atoms with E-state index in [-0.39, 0.29) is 17.8 Å². The predicted octanol–water partition coefficient (Wildman–Crippen LogP) is 4.22. The first-order valence-electron chi connectivity index (χ1n) is 9.34. The molecule has 2 aromatic rings. The number of nitrogens with zero attached hydrogens (tertiary/aromatic N) is 3. The van der Waals surface area contributed by atoms with Crippen molar-refractivity contribution in [2.75, 3.05) is 13.1 Å². The number of piperidine rings is 1. The molecule has 1 aromatic carbocycles. The lowest BCUT2D eigenvalue weighted by Crippen LogP contribution is -2.42. The van der Waals surface area contributed by atoms with Gasteiger partial charge in [-0.2, -0.15) is 18.4 Å². The first-order valence-corrected chi connectivity index (χ1v) is 9.34. The molecule has 0 radical (unpaired) electrons. The summed E-state index contributed by atoms with van der Waals surface area (Å²) in [5.41, 5.74) is -0.121. The third kappa shape index (κ3) is 4.67. The van der Waals surface area contributed by atoms with Crippen molar-refractivity contribution >= 4 is 5.91 Å². The van der Waals surface area contributed by atoms with Crippen LogP contribution in [0.4, 0.5) is 13.2 Å². The van der Waals surface area contributed by atoms with Gasteiger partial charge in [0.1, 0.15) is 17.5 Å². The lowest BCUT2D eigenvalue weighted by molar-refractivity contribution is -0.137. The van der Waals surface area contributed by atoms with Gasteiger partial charge in [0.15, 0.2) is 0 Å². The Labute approximate surface area is 166 Å². The van der Waals surface area contributed by atoms with Crippen LogP contribution in [-0.2, 0) is 12.6 Å². The number of carbonyl (C=O) groups excluding carboxylic acids is 1. The van der Waals surface area contributed by atoms with Gasteiger partial charge in [-0.05, 0) is 36.2 Å². The first kappa shape index (κ1) is 20.6.